The number of non-ortho nitro benzene ring substituents is 1. The van der Waals surface area contributed by atoms with Crippen molar-refractivity contribution in [2.24, 2.45) is 0 Å². The zero-order valence-corrected chi connectivity index (χ0v) is 16.2. The van der Waals surface area contributed by atoms with Crippen molar-refractivity contribution in [3.8, 4) is 0 Å². The molecule has 1 amide bonds. The molecule has 0 saturated heterocycles. The third-order valence-electron chi connectivity index (χ3n) is 3.72. The van der Waals surface area contributed by atoms with Crippen LogP contribution in [-0.2, 0) is 14.8 Å². The fourth-order valence-corrected chi connectivity index (χ4v) is 3.98. The van der Waals surface area contributed by atoms with Crippen LogP contribution in [0.1, 0.15) is 13.3 Å². The second-order valence-corrected chi connectivity index (χ2v) is 8.06. The Labute approximate surface area is 162 Å². The van der Waals surface area contributed by atoms with Crippen LogP contribution in [0.25, 0.3) is 0 Å². The van der Waals surface area contributed by atoms with Gasteiger partial charge in [-0.1, -0.05) is 30.7 Å². The fraction of sp³-hybridized carbons (Fsp3) is 0.235. The molecule has 2 aromatic carbocycles. The maximum absolute atomic E-state index is 12.8. The molecule has 10 heteroatoms. The van der Waals surface area contributed by atoms with Crippen molar-refractivity contribution < 1.29 is 18.1 Å². The highest BCUT2D eigenvalue weighted by molar-refractivity contribution is 7.92. The van der Waals surface area contributed by atoms with E-state index >= 15 is 0 Å². The molecule has 0 spiro atoms. The van der Waals surface area contributed by atoms with Gasteiger partial charge in [0.25, 0.3) is 5.69 Å². The van der Waals surface area contributed by atoms with Gasteiger partial charge in [-0.3, -0.25) is 19.2 Å². The second kappa shape index (κ2) is 8.36. The van der Waals surface area contributed by atoms with E-state index < -0.39 is 26.9 Å². The lowest BCUT2D eigenvalue weighted by Crippen LogP contribution is -2.47. The smallest absolute Gasteiger partial charge is 0.271 e. The summed E-state index contributed by atoms with van der Waals surface area (Å²) < 4.78 is 25.7. The molecule has 2 rings (SSSR count). The van der Waals surface area contributed by atoms with Crippen LogP contribution >= 0.6 is 11.6 Å². The molecular weight excluding hydrogens is 394 g/mol. The average Bonchev–Trinajstić information content (AvgIpc) is 2.58. The van der Waals surface area contributed by atoms with Gasteiger partial charge in [-0.2, -0.15) is 0 Å². The highest BCUT2D eigenvalue weighted by Gasteiger charge is 2.31. The summed E-state index contributed by atoms with van der Waals surface area (Å²) in [6, 6.07) is 10.5. The van der Waals surface area contributed by atoms with Gasteiger partial charge in [-0.05, 0) is 30.7 Å². The van der Waals surface area contributed by atoms with Crippen molar-refractivity contribution in [1.82, 2.24) is 0 Å². The molecule has 2 aromatic rings. The number of nitro groups is 1. The number of benzene rings is 2. The first-order valence-corrected chi connectivity index (χ1v) is 10.2. The number of hydrogen-bond donors (Lipinski definition) is 1. The number of anilines is 2. The highest BCUT2D eigenvalue weighted by Crippen LogP contribution is 2.26. The molecule has 0 heterocycles. The Morgan fingerprint density at radius 1 is 1.26 bits per heavy atom. The molecule has 0 aliphatic carbocycles. The van der Waals surface area contributed by atoms with Crippen molar-refractivity contribution in [2.75, 3.05) is 15.9 Å². The normalized spacial score (nSPS) is 12.3. The van der Waals surface area contributed by atoms with Crippen molar-refractivity contribution in [2.45, 2.75) is 19.4 Å². The first-order chi connectivity index (χ1) is 12.6. The zero-order chi connectivity index (χ0) is 20.2. The Hall–Kier alpha value is -2.65. The molecule has 0 bridgehead atoms. The minimum atomic E-state index is -3.80. The molecule has 0 aliphatic rings. The zero-order valence-electron chi connectivity index (χ0n) is 14.6. The molecule has 0 aromatic heterocycles. The first-order valence-electron chi connectivity index (χ1n) is 7.93. The van der Waals surface area contributed by atoms with E-state index in [9.17, 15) is 23.3 Å². The average molecular weight is 412 g/mol. The van der Waals surface area contributed by atoms with Gasteiger partial charge in [-0.25, -0.2) is 8.42 Å². The van der Waals surface area contributed by atoms with E-state index in [4.69, 9.17) is 11.6 Å². The van der Waals surface area contributed by atoms with Crippen LogP contribution in [0, 0.1) is 10.1 Å². The number of sulfonamides is 1. The summed E-state index contributed by atoms with van der Waals surface area (Å²) in [4.78, 5) is 23.0. The second-order valence-electron chi connectivity index (χ2n) is 5.76. The lowest BCUT2D eigenvalue weighted by atomic mass is 10.1. The molecule has 0 saturated carbocycles. The van der Waals surface area contributed by atoms with Crippen LogP contribution in [0.4, 0.5) is 17.1 Å². The van der Waals surface area contributed by atoms with Gasteiger partial charge in [0.1, 0.15) is 6.04 Å². The molecule has 0 radical (unpaired) electrons. The van der Waals surface area contributed by atoms with Gasteiger partial charge in [0.15, 0.2) is 0 Å². The minimum absolute atomic E-state index is 0.181. The summed E-state index contributed by atoms with van der Waals surface area (Å²) in [7, 11) is -3.80. The van der Waals surface area contributed by atoms with Gasteiger partial charge in [0.05, 0.1) is 16.9 Å². The Morgan fingerprint density at radius 2 is 1.93 bits per heavy atom. The summed E-state index contributed by atoms with van der Waals surface area (Å²) >= 11 is 5.96. The van der Waals surface area contributed by atoms with Crippen molar-refractivity contribution in [1.29, 1.82) is 0 Å². The minimum Gasteiger partial charge on any atom is -0.324 e. The van der Waals surface area contributed by atoms with Crippen molar-refractivity contribution in [3.05, 3.63) is 63.7 Å². The molecular formula is C17H18ClN3O5S. The van der Waals surface area contributed by atoms with Gasteiger partial charge in [0, 0.05) is 22.8 Å². The maximum Gasteiger partial charge on any atom is 0.271 e. The Balaban J connectivity index is 2.38. The number of carbonyl (C=O) groups is 1. The maximum atomic E-state index is 12.8. The van der Waals surface area contributed by atoms with Gasteiger partial charge in [0.2, 0.25) is 15.9 Å². The fourth-order valence-electron chi connectivity index (χ4n) is 2.60. The topological polar surface area (TPSA) is 110 Å². The summed E-state index contributed by atoms with van der Waals surface area (Å²) in [5, 5.41) is 13.7. The SMILES string of the molecule is CC[C@@H](C(=O)Nc1cccc([N+](=O)[O-])c1)N(c1cccc(Cl)c1)S(C)(=O)=O. The predicted molar refractivity (Wildman–Crippen MR) is 105 cm³/mol. The third-order valence-corrected chi connectivity index (χ3v) is 5.13. The van der Waals surface area contributed by atoms with Crippen LogP contribution < -0.4 is 9.62 Å². The molecule has 0 aliphatic heterocycles. The van der Waals surface area contributed by atoms with Crippen LogP contribution in [0.15, 0.2) is 48.5 Å². The van der Waals surface area contributed by atoms with Gasteiger partial charge < -0.3 is 5.32 Å². The first kappa shape index (κ1) is 20.7. The van der Waals surface area contributed by atoms with Crippen molar-refractivity contribution in [3.63, 3.8) is 0 Å². The van der Waals surface area contributed by atoms with Crippen LogP contribution in [-0.4, -0.2) is 31.5 Å². The van der Waals surface area contributed by atoms with Crippen LogP contribution in [0.5, 0.6) is 0 Å². The summed E-state index contributed by atoms with van der Waals surface area (Å²) in [6.07, 6.45) is 1.18. The number of hydrogen-bond acceptors (Lipinski definition) is 5. The van der Waals surface area contributed by atoms with E-state index in [-0.39, 0.29) is 23.5 Å². The Kier molecular flexibility index (Phi) is 6.40. The summed E-state index contributed by atoms with van der Waals surface area (Å²) in [5.74, 6) is -0.608. The largest absolute Gasteiger partial charge is 0.324 e. The number of nitrogens with one attached hydrogen (secondary N) is 1. The standard InChI is InChI=1S/C17H18ClN3O5S/c1-3-16(17(22)19-13-7-5-9-15(11-13)21(23)24)20(27(2,25)26)14-8-4-6-12(18)10-14/h4-11,16H,3H2,1-2H3,(H,19,22)/t16-/m0/s1. The van der Waals surface area contributed by atoms with Crippen LogP contribution in [0.3, 0.4) is 0 Å². The van der Waals surface area contributed by atoms with E-state index in [2.05, 4.69) is 5.32 Å². The van der Waals surface area contributed by atoms with Crippen molar-refractivity contribution >= 4 is 44.6 Å². The molecule has 1 N–H and O–H groups in total. The van der Waals surface area contributed by atoms with Gasteiger partial charge in [-0.15, -0.1) is 0 Å². The lowest BCUT2D eigenvalue weighted by Gasteiger charge is -2.30. The van der Waals surface area contributed by atoms with E-state index in [1.165, 1.54) is 36.4 Å². The molecule has 144 valence electrons. The van der Waals surface area contributed by atoms with Gasteiger partial charge >= 0.3 is 0 Å². The quantitative estimate of drug-likeness (QED) is 0.554. The number of carbonyl (C=O) groups excluding carboxylic acids is 1. The predicted octanol–water partition coefficient (Wildman–Crippen LogP) is 3.43. The number of rotatable bonds is 7. The number of nitrogens with zero attached hydrogens (tertiary/aromatic N) is 2. The van der Waals surface area contributed by atoms with E-state index in [0.717, 1.165) is 10.6 Å². The molecule has 8 nitrogen and oxygen atoms in total. The number of amides is 1. The summed E-state index contributed by atoms with van der Waals surface area (Å²) in [5.41, 5.74) is 0.272. The Bertz CT molecular complexity index is 965. The van der Waals surface area contributed by atoms with E-state index in [1.807, 2.05) is 0 Å². The van der Waals surface area contributed by atoms with E-state index in [0.29, 0.717) is 5.02 Å². The molecule has 0 unspecified atom stereocenters. The molecule has 27 heavy (non-hydrogen) atoms. The monoisotopic (exact) mass is 411 g/mol. The van der Waals surface area contributed by atoms with Crippen LogP contribution in [0.2, 0.25) is 5.02 Å². The molecule has 1 atom stereocenters. The van der Waals surface area contributed by atoms with E-state index in [1.54, 1.807) is 19.1 Å². The Morgan fingerprint density at radius 3 is 2.48 bits per heavy atom. The number of nitro benzene ring substituents is 1. The summed E-state index contributed by atoms with van der Waals surface area (Å²) in [6.45, 7) is 1.67. The lowest BCUT2D eigenvalue weighted by molar-refractivity contribution is -0.384. The molecule has 0 fully saturated rings. The third kappa shape index (κ3) is 5.18. The number of halogens is 1. The highest BCUT2D eigenvalue weighted by atomic mass is 35.5.